The zero-order chi connectivity index (χ0) is 36.8. The van der Waals surface area contributed by atoms with Gasteiger partial charge < -0.3 is 9.47 Å². The summed E-state index contributed by atoms with van der Waals surface area (Å²) in [7, 11) is -3.51. The fraction of sp³-hybridized carbons (Fsp3) is 0.304. The van der Waals surface area contributed by atoms with Crippen LogP contribution in [0.5, 0.6) is 11.5 Å². The molecule has 52 heavy (non-hydrogen) atoms. The second-order valence-corrected chi connectivity index (χ2v) is 16.3. The Kier molecular flexibility index (Phi) is 14.5. The van der Waals surface area contributed by atoms with Gasteiger partial charge in [0.15, 0.2) is 0 Å². The lowest BCUT2D eigenvalue weighted by atomic mass is 10.1. The molecular weight excluding hydrogens is 681 g/mol. The summed E-state index contributed by atoms with van der Waals surface area (Å²) in [6.45, 7) is 10.0. The van der Waals surface area contributed by atoms with Gasteiger partial charge in [-0.3, -0.25) is 0 Å². The summed E-state index contributed by atoms with van der Waals surface area (Å²) in [6, 6.07) is 36.5. The van der Waals surface area contributed by atoms with Crippen LogP contribution in [0.4, 0.5) is 0 Å². The van der Waals surface area contributed by atoms with E-state index in [1.807, 2.05) is 66.8 Å². The first-order valence-corrected chi connectivity index (χ1v) is 21.0. The number of hydrogen-bond donors (Lipinski definition) is 0. The van der Waals surface area contributed by atoms with Gasteiger partial charge in [-0.15, -0.1) is 11.3 Å². The van der Waals surface area contributed by atoms with Gasteiger partial charge in [0, 0.05) is 9.75 Å². The molecule has 6 heteroatoms. The molecule has 1 aromatic heterocycles. The fourth-order valence-corrected chi connectivity index (χ4v) is 8.55. The van der Waals surface area contributed by atoms with Crippen molar-refractivity contribution in [1.29, 1.82) is 0 Å². The Bertz CT molecular complexity index is 2000. The van der Waals surface area contributed by atoms with Gasteiger partial charge in [-0.2, -0.15) is 0 Å². The SMILES string of the molecule is CCCCCCOc1ccc(-c2ccc(-c3ccc(C)cc3)s2)cc1.CCCCCCOc1ccc(C2=CC=C(c3ccc(C)cc3)S2(=O)=O)cc1. The van der Waals surface area contributed by atoms with Gasteiger partial charge in [0.25, 0.3) is 0 Å². The molecule has 0 unspecified atom stereocenters. The van der Waals surface area contributed by atoms with E-state index in [1.165, 1.54) is 65.0 Å². The van der Waals surface area contributed by atoms with Crippen molar-refractivity contribution in [1.82, 2.24) is 0 Å². The van der Waals surface area contributed by atoms with Crippen molar-refractivity contribution in [2.75, 3.05) is 13.2 Å². The Morgan fingerprint density at radius 1 is 0.462 bits per heavy atom. The van der Waals surface area contributed by atoms with Gasteiger partial charge in [-0.1, -0.05) is 112 Å². The highest BCUT2D eigenvalue weighted by molar-refractivity contribution is 8.09. The molecule has 6 rings (SSSR count). The second kappa shape index (κ2) is 19.4. The minimum atomic E-state index is -3.51. The molecule has 0 saturated carbocycles. The summed E-state index contributed by atoms with van der Waals surface area (Å²) >= 11 is 1.84. The molecule has 0 fully saturated rings. The first-order chi connectivity index (χ1) is 25.3. The number of sulfone groups is 1. The zero-order valence-corrected chi connectivity index (χ0v) is 32.7. The number of rotatable bonds is 16. The molecule has 272 valence electrons. The Balaban J connectivity index is 0.000000202. The molecule has 0 atom stereocenters. The van der Waals surface area contributed by atoms with Gasteiger partial charge in [0.05, 0.1) is 23.0 Å². The van der Waals surface area contributed by atoms with E-state index in [4.69, 9.17) is 9.47 Å². The van der Waals surface area contributed by atoms with Gasteiger partial charge >= 0.3 is 0 Å². The predicted molar refractivity (Wildman–Crippen MR) is 222 cm³/mol. The van der Waals surface area contributed by atoms with E-state index in [1.54, 1.807) is 12.2 Å². The number of hydrogen-bond acceptors (Lipinski definition) is 5. The largest absolute Gasteiger partial charge is 0.494 e. The third kappa shape index (κ3) is 10.8. The molecule has 0 radical (unpaired) electrons. The third-order valence-corrected chi connectivity index (χ3v) is 12.1. The molecule has 0 aliphatic carbocycles. The van der Waals surface area contributed by atoms with E-state index < -0.39 is 9.84 Å². The van der Waals surface area contributed by atoms with Crippen molar-refractivity contribution >= 4 is 31.0 Å². The Morgan fingerprint density at radius 3 is 1.23 bits per heavy atom. The van der Waals surface area contributed by atoms with Gasteiger partial charge in [0.1, 0.15) is 11.5 Å². The Morgan fingerprint density at radius 2 is 0.827 bits per heavy atom. The highest BCUT2D eigenvalue weighted by Crippen LogP contribution is 2.38. The van der Waals surface area contributed by atoms with Crippen LogP contribution >= 0.6 is 11.3 Å². The van der Waals surface area contributed by atoms with E-state index in [-0.39, 0.29) is 0 Å². The topological polar surface area (TPSA) is 52.6 Å². The maximum absolute atomic E-state index is 13.0. The van der Waals surface area contributed by atoms with Gasteiger partial charge in [0.2, 0.25) is 9.84 Å². The molecule has 5 aromatic rings. The van der Waals surface area contributed by atoms with Crippen molar-refractivity contribution < 1.29 is 17.9 Å². The summed E-state index contributed by atoms with van der Waals surface area (Å²) in [5.41, 5.74) is 6.35. The maximum Gasteiger partial charge on any atom is 0.207 e. The van der Waals surface area contributed by atoms with Crippen LogP contribution in [0.15, 0.2) is 121 Å². The normalized spacial score (nSPS) is 13.2. The smallest absolute Gasteiger partial charge is 0.207 e. The van der Waals surface area contributed by atoms with Crippen molar-refractivity contribution in [3.8, 4) is 32.4 Å². The molecule has 0 bridgehead atoms. The van der Waals surface area contributed by atoms with Crippen molar-refractivity contribution in [3.05, 3.63) is 144 Å². The van der Waals surface area contributed by atoms with E-state index in [0.717, 1.165) is 42.1 Å². The summed E-state index contributed by atoms with van der Waals surface area (Å²) in [4.78, 5) is 3.30. The average molecular weight is 733 g/mol. The molecule has 1 aliphatic rings. The predicted octanol–water partition coefficient (Wildman–Crippen LogP) is 13.1. The van der Waals surface area contributed by atoms with Crippen LogP contribution in [-0.2, 0) is 9.84 Å². The van der Waals surface area contributed by atoms with Crippen LogP contribution in [-0.4, -0.2) is 21.6 Å². The van der Waals surface area contributed by atoms with Crippen molar-refractivity contribution in [2.45, 2.75) is 79.1 Å². The van der Waals surface area contributed by atoms with Crippen LogP contribution < -0.4 is 9.47 Å². The number of aryl methyl sites for hydroxylation is 2. The summed E-state index contributed by atoms with van der Waals surface area (Å²) < 4.78 is 37.5. The lowest BCUT2D eigenvalue weighted by molar-refractivity contribution is 0.305. The lowest BCUT2D eigenvalue weighted by Crippen LogP contribution is -2.03. The van der Waals surface area contributed by atoms with E-state index in [9.17, 15) is 8.42 Å². The standard InChI is InChI=1S/C23H26O3S.C23H26OS/c1-3-4-5-6-17-26-21-13-11-20(12-14-21)23-16-15-22(27(23,24)25)19-9-7-18(2)8-10-19;1-3-4-5-6-17-24-21-13-11-20(12-14-21)23-16-15-22(25-23)19-9-7-18(2)8-10-19/h7-16H,3-6,17H2,1-2H3;7-16H,3-6,17H2,1-2H3. The number of benzene rings is 4. The highest BCUT2D eigenvalue weighted by Gasteiger charge is 2.29. The molecule has 0 saturated heterocycles. The van der Waals surface area contributed by atoms with Gasteiger partial charge in [-0.05, 0) is 122 Å². The Hall–Kier alpha value is -4.39. The van der Waals surface area contributed by atoms with Crippen LogP contribution in [0.2, 0.25) is 0 Å². The Labute approximate surface area is 315 Å². The molecule has 0 spiro atoms. The molecule has 0 amide bonds. The quantitative estimate of drug-likeness (QED) is 0.0948. The molecule has 2 heterocycles. The molecule has 4 aromatic carbocycles. The van der Waals surface area contributed by atoms with Crippen LogP contribution in [0.1, 0.15) is 87.5 Å². The van der Waals surface area contributed by atoms with E-state index in [2.05, 4.69) is 81.4 Å². The first-order valence-electron chi connectivity index (χ1n) is 18.7. The van der Waals surface area contributed by atoms with Crippen LogP contribution in [0.25, 0.3) is 30.7 Å². The van der Waals surface area contributed by atoms with E-state index in [0.29, 0.717) is 22.0 Å². The van der Waals surface area contributed by atoms with E-state index >= 15 is 0 Å². The molecule has 1 aliphatic heterocycles. The third-order valence-electron chi connectivity index (χ3n) is 9.05. The summed E-state index contributed by atoms with van der Waals surface area (Å²) in [5, 5.41) is 0. The van der Waals surface area contributed by atoms with Crippen LogP contribution in [0.3, 0.4) is 0 Å². The number of thiophene rings is 1. The first kappa shape index (κ1) is 38.8. The minimum absolute atomic E-state index is 0.340. The average Bonchev–Trinajstić information content (AvgIpc) is 3.77. The second-order valence-electron chi connectivity index (χ2n) is 13.3. The van der Waals surface area contributed by atoms with Crippen molar-refractivity contribution in [3.63, 3.8) is 0 Å². The molecule has 4 nitrogen and oxygen atoms in total. The number of ether oxygens (including phenoxy) is 2. The molecule has 0 N–H and O–H groups in total. The highest BCUT2D eigenvalue weighted by atomic mass is 32.2. The van der Waals surface area contributed by atoms with Gasteiger partial charge in [-0.25, -0.2) is 8.42 Å². The van der Waals surface area contributed by atoms with Crippen LogP contribution in [0, 0.1) is 13.8 Å². The zero-order valence-electron chi connectivity index (χ0n) is 31.1. The number of allylic oxidation sites excluding steroid dienone is 2. The number of unbranched alkanes of at least 4 members (excludes halogenated alkanes) is 6. The molecular formula is C46H52O4S2. The summed E-state index contributed by atoms with van der Waals surface area (Å²) in [5.74, 6) is 1.74. The maximum atomic E-state index is 13.0. The van der Waals surface area contributed by atoms with Crippen molar-refractivity contribution in [2.24, 2.45) is 0 Å². The summed E-state index contributed by atoms with van der Waals surface area (Å²) in [6.07, 6.45) is 13.0. The monoisotopic (exact) mass is 732 g/mol. The minimum Gasteiger partial charge on any atom is -0.494 e. The fourth-order valence-electron chi connectivity index (χ4n) is 5.90. The lowest BCUT2D eigenvalue weighted by Gasteiger charge is -2.10.